The summed E-state index contributed by atoms with van der Waals surface area (Å²) in [7, 11) is 0. The zero-order valence-electron chi connectivity index (χ0n) is 13.7. The van der Waals surface area contributed by atoms with Crippen LogP contribution in [0.15, 0.2) is 42.7 Å². The van der Waals surface area contributed by atoms with E-state index in [4.69, 9.17) is 0 Å². The van der Waals surface area contributed by atoms with Gasteiger partial charge in [-0.2, -0.15) is 18.3 Å². The second-order valence-corrected chi connectivity index (χ2v) is 5.63. The second-order valence-electron chi connectivity index (χ2n) is 5.63. The highest BCUT2D eigenvalue weighted by atomic mass is 19.4. The molecule has 0 radical (unpaired) electrons. The van der Waals surface area contributed by atoms with E-state index in [0.29, 0.717) is 6.54 Å². The topological polar surface area (TPSA) is 77.6 Å². The zero-order valence-corrected chi connectivity index (χ0v) is 13.7. The average Bonchev–Trinajstić information content (AvgIpc) is 3.15. The van der Waals surface area contributed by atoms with E-state index in [1.54, 1.807) is 4.68 Å². The third kappa shape index (κ3) is 4.26. The molecule has 26 heavy (non-hydrogen) atoms. The van der Waals surface area contributed by atoms with E-state index in [9.17, 15) is 18.0 Å². The molecular weight excluding hydrogens is 349 g/mol. The van der Waals surface area contributed by atoms with Crippen molar-refractivity contribution < 1.29 is 18.0 Å². The standard InChI is InChI=1S/C16H15F3N6O/c1-11-7-13(16(17,18)19)22-25(11)9-14(26)21-15-20-10-24(23-15)8-12-5-3-2-4-6-12/h2-7,10H,8-9H2,1H3,(H,21,23,26). The molecule has 0 aliphatic rings. The van der Waals surface area contributed by atoms with E-state index in [0.717, 1.165) is 16.3 Å². The van der Waals surface area contributed by atoms with Crippen LogP contribution in [-0.2, 0) is 24.1 Å². The van der Waals surface area contributed by atoms with Crippen LogP contribution >= 0.6 is 0 Å². The molecule has 2 heterocycles. The second kappa shape index (κ2) is 6.98. The molecule has 0 aliphatic carbocycles. The summed E-state index contributed by atoms with van der Waals surface area (Å²) in [5.41, 5.74) is 0.213. The number of amides is 1. The fraction of sp³-hybridized carbons (Fsp3) is 0.250. The maximum absolute atomic E-state index is 12.6. The van der Waals surface area contributed by atoms with Gasteiger partial charge in [0.15, 0.2) is 5.69 Å². The van der Waals surface area contributed by atoms with Crippen molar-refractivity contribution in [2.75, 3.05) is 5.32 Å². The molecule has 7 nitrogen and oxygen atoms in total. The van der Waals surface area contributed by atoms with Gasteiger partial charge in [0.1, 0.15) is 12.9 Å². The van der Waals surface area contributed by atoms with Gasteiger partial charge in [-0.05, 0) is 18.6 Å². The highest BCUT2D eigenvalue weighted by Gasteiger charge is 2.34. The third-order valence-electron chi connectivity index (χ3n) is 3.54. The van der Waals surface area contributed by atoms with Crippen LogP contribution in [0.3, 0.4) is 0 Å². The molecule has 1 aromatic carbocycles. The molecule has 0 saturated heterocycles. The minimum atomic E-state index is -4.55. The van der Waals surface area contributed by atoms with E-state index in [1.807, 2.05) is 30.3 Å². The van der Waals surface area contributed by atoms with Crippen LogP contribution in [0.2, 0.25) is 0 Å². The molecule has 0 aliphatic heterocycles. The number of carbonyl (C=O) groups excluding carboxylic acids is 1. The molecule has 0 spiro atoms. The normalized spacial score (nSPS) is 11.5. The lowest BCUT2D eigenvalue weighted by Gasteiger charge is -2.04. The van der Waals surface area contributed by atoms with Crippen molar-refractivity contribution in [3.63, 3.8) is 0 Å². The molecule has 136 valence electrons. The first kappa shape index (κ1) is 17.6. The lowest BCUT2D eigenvalue weighted by molar-refractivity contribution is -0.141. The number of aryl methyl sites for hydroxylation is 1. The van der Waals surface area contributed by atoms with Crippen molar-refractivity contribution in [2.45, 2.75) is 26.2 Å². The van der Waals surface area contributed by atoms with Crippen LogP contribution in [0, 0.1) is 6.92 Å². The maximum atomic E-state index is 12.6. The molecular formula is C16H15F3N6O. The Hall–Kier alpha value is -3.17. The van der Waals surface area contributed by atoms with Crippen LogP contribution in [0.1, 0.15) is 17.0 Å². The number of benzene rings is 1. The van der Waals surface area contributed by atoms with Gasteiger partial charge in [0, 0.05) is 5.69 Å². The van der Waals surface area contributed by atoms with Crippen molar-refractivity contribution in [2.24, 2.45) is 0 Å². The maximum Gasteiger partial charge on any atom is 0.435 e. The summed E-state index contributed by atoms with van der Waals surface area (Å²) < 4.78 is 40.5. The number of aromatic nitrogens is 5. The summed E-state index contributed by atoms with van der Waals surface area (Å²) in [4.78, 5) is 16.0. The molecule has 0 fully saturated rings. The number of nitrogens with zero attached hydrogens (tertiary/aromatic N) is 5. The molecule has 0 atom stereocenters. The summed E-state index contributed by atoms with van der Waals surface area (Å²) in [6, 6.07) is 10.4. The highest BCUT2D eigenvalue weighted by molar-refractivity contribution is 5.88. The summed E-state index contributed by atoms with van der Waals surface area (Å²) in [6.45, 7) is 1.56. The molecule has 10 heteroatoms. The van der Waals surface area contributed by atoms with Crippen molar-refractivity contribution >= 4 is 11.9 Å². The number of hydrogen-bond donors (Lipinski definition) is 1. The van der Waals surface area contributed by atoms with Gasteiger partial charge in [0.05, 0.1) is 6.54 Å². The van der Waals surface area contributed by atoms with Crippen LogP contribution in [0.25, 0.3) is 0 Å². The van der Waals surface area contributed by atoms with Gasteiger partial charge in [-0.3, -0.25) is 14.8 Å². The van der Waals surface area contributed by atoms with Crippen LogP contribution < -0.4 is 5.32 Å². The first-order chi connectivity index (χ1) is 12.3. The van der Waals surface area contributed by atoms with Gasteiger partial charge >= 0.3 is 6.18 Å². The third-order valence-corrected chi connectivity index (χ3v) is 3.54. The summed E-state index contributed by atoms with van der Waals surface area (Å²) in [5, 5.41) is 9.97. The van der Waals surface area contributed by atoms with Gasteiger partial charge in [-0.15, -0.1) is 5.10 Å². The molecule has 1 amide bonds. The van der Waals surface area contributed by atoms with Gasteiger partial charge < -0.3 is 0 Å². The first-order valence-corrected chi connectivity index (χ1v) is 7.66. The Morgan fingerprint density at radius 2 is 1.92 bits per heavy atom. The summed E-state index contributed by atoms with van der Waals surface area (Å²) in [6.07, 6.45) is -3.09. The van der Waals surface area contributed by atoms with E-state index >= 15 is 0 Å². The van der Waals surface area contributed by atoms with Gasteiger partial charge in [0.25, 0.3) is 0 Å². The Kier molecular flexibility index (Phi) is 4.74. The number of rotatable bonds is 5. The zero-order chi connectivity index (χ0) is 18.7. The molecule has 3 aromatic rings. The number of nitrogens with one attached hydrogen (secondary N) is 1. The summed E-state index contributed by atoms with van der Waals surface area (Å²) in [5.74, 6) is -0.492. The van der Waals surface area contributed by atoms with Gasteiger partial charge in [-0.25, -0.2) is 9.67 Å². The largest absolute Gasteiger partial charge is 0.435 e. The molecule has 0 bridgehead atoms. The Morgan fingerprint density at radius 1 is 1.19 bits per heavy atom. The molecule has 2 aromatic heterocycles. The number of halogens is 3. The van der Waals surface area contributed by atoms with Gasteiger partial charge in [-0.1, -0.05) is 30.3 Å². The SMILES string of the molecule is Cc1cc(C(F)(F)F)nn1CC(=O)Nc1ncn(Cc2ccccc2)n1. The first-order valence-electron chi connectivity index (χ1n) is 7.66. The fourth-order valence-corrected chi connectivity index (χ4v) is 2.31. The minimum absolute atomic E-state index is 0.0757. The van der Waals surface area contributed by atoms with Crippen molar-refractivity contribution in [1.82, 2.24) is 24.5 Å². The lowest BCUT2D eigenvalue weighted by Crippen LogP contribution is -2.21. The van der Waals surface area contributed by atoms with Crippen LogP contribution in [0.5, 0.6) is 0 Å². The Morgan fingerprint density at radius 3 is 2.58 bits per heavy atom. The number of anilines is 1. The summed E-state index contributed by atoms with van der Waals surface area (Å²) >= 11 is 0. The van der Waals surface area contributed by atoms with E-state index in [-0.39, 0.29) is 18.2 Å². The van der Waals surface area contributed by atoms with E-state index in [1.165, 1.54) is 13.3 Å². The van der Waals surface area contributed by atoms with E-state index in [2.05, 4.69) is 20.5 Å². The van der Waals surface area contributed by atoms with Gasteiger partial charge in [0.2, 0.25) is 11.9 Å². The highest BCUT2D eigenvalue weighted by Crippen LogP contribution is 2.28. The molecule has 0 unspecified atom stereocenters. The van der Waals surface area contributed by atoms with E-state index < -0.39 is 17.8 Å². The number of carbonyl (C=O) groups is 1. The molecule has 3 rings (SSSR count). The van der Waals surface area contributed by atoms with Crippen LogP contribution in [0.4, 0.5) is 19.1 Å². The lowest BCUT2D eigenvalue weighted by atomic mass is 10.2. The van der Waals surface area contributed by atoms with Crippen LogP contribution in [-0.4, -0.2) is 30.5 Å². The van der Waals surface area contributed by atoms with Crippen molar-refractivity contribution in [3.8, 4) is 0 Å². The predicted molar refractivity (Wildman–Crippen MR) is 86.2 cm³/mol. The molecule has 0 saturated carbocycles. The fourth-order valence-electron chi connectivity index (χ4n) is 2.31. The Balaban J connectivity index is 1.61. The smallest absolute Gasteiger partial charge is 0.292 e. The monoisotopic (exact) mass is 364 g/mol. The van der Waals surface area contributed by atoms with Crippen molar-refractivity contribution in [3.05, 3.63) is 59.7 Å². The quantitative estimate of drug-likeness (QED) is 0.755. The molecule has 1 N–H and O–H groups in total. The number of alkyl halides is 3. The Labute approximate surface area is 146 Å². The van der Waals surface area contributed by atoms with Crippen molar-refractivity contribution in [1.29, 1.82) is 0 Å². The predicted octanol–water partition coefficient (Wildman–Crippen LogP) is 2.49. The average molecular weight is 364 g/mol. The number of hydrogen-bond acceptors (Lipinski definition) is 4. The minimum Gasteiger partial charge on any atom is -0.292 e. The Bertz CT molecular complexity index is 900.